The molecule has 16 heavy (non-hydrogen) atoms. The number of hydrogen-bond acceptors (Lipinski definition) is 2. The molecule has 0 spiro atoms. The molecule has 0 aliphatic rings. The topological polar surface area (TPSA) is 25.8 Å². The van der Waals surface area contributed by atoms with E-state index >= 15 is 0 Å². The van der Waals surface area contributed by atoms with Gasteiger partial charge in [-0.1, -0.05) is 34.8 Å². The van der Waals surface area contributed by atoms with Crippen molar-refractivity contribution < 1.29 is 0 Å². The van der Waals surface area contributed by atoms with E-state index in [2.05, 4.69) is 9.97 Å². The third-order valence-corrected chi connectivity index (χ3v) is 3.41. The van der Waals surface area contributed by atoms with Gasteiger partial charge in [0.15, 0.2) is 0 Å². The van der Waals surface area contributed by atoms with Crippen LogP contribution in [0.5, 0.6) is 0 Å². The Kier molecular flexibility index (Phi) is 3.55. The van der Waals surface area contributed by atoms with E-state index in [1.165, 1.54) is 0 Å². The summed E-state index contributed by atoms with van der Waals surface area (Å²) in [5.41, 5.74) is 1.27. The van der Waals surface area contributed by atoms with Crippen LogP contribution in [-0.2, 0) is 0 Å². The molecule has 6 heteroatoms. The van der Waals surface area contributed by atoms with Crippen molar-refractivity contribution in [2.45, 2.75) is 0 Å². The molecule has 2 nitrogen and oxygen atoms in total. The Hall–Kier alpha value is -0.540. The van der Waals surface area contributed by atoms with E-state index in [9.17, 15) is 0 Å². The van der Waals surface area contributed by atoms with Gasteiger partial charge >= 0.3 is 0 Å². The summed E-state index contributed by atoms with van der Waals surface area (Å²) in [6, 6.07) is 5.08. The standard InChI is InChI=1S/C10H4Cl4N2/c11-6-2-1-5(8(12)9(6)13)7-3-4-15-10(14)16-7/h1-4H. The van der Waals surface area contributed by atoms with Crippen molar-refractivity contribution >= 4 is 46.4 Å². The number of hydrogen-bond donors (Lipinski definition) is 0. The fraction of sp³-hybridized carbons (Fsp3) is 0. The van der Waals surface area contributed by atoms with E-state index in [0.29, 0.717) is 26.3 Å². The fourth-order valence-corrected chi connectivity index (χ4v) is 1.99. The minimum atomic E-state index is 0.152. The summed E-state index contributed by atoms with van der Waals surface area (Å²) in [6.45, 7) is 0. The van der Waals surface area contributed by atoms with Crippen molar-refractivity contribution in [2.24, 2.45) is 0 Å². The maximum atomic E-state index is 6.07. The predicted octanol–water partition coefficient (Wildman–Crippen LogP) is 4.76. The molecule has 1 heterocycles. The molecule has 0 aliphatic carbocycles. The predicted molar refractivity (Wildman–Crippen MR) is 67.5 cm³/mol. The summed E-state index contributed by atoms with van der Waals surface area (Å²) >= 11 is 23.5. The highest BCUT2D eigenvalue weighted by atomic mass is 35.5. The van der Waals surface area contributed by atoms with Crippen LogP contribution in [0.15, 0.2) is 24.4 Å². The third-order valence-electron chi connectivity index (χ3n) is 1.94. The average Bonchev–Trinajstić information content (AvgIpc) is 2.26. The molecule has 0 saturated carbocycles. The number of nitrogens with zero attached hydrogens (tertiary/aromatic N) is 2. The second-order valence-corrected chi connectivity index (χ2v) is 4.44. The van der Waals surface area contributed by atoms with Crippen molar-refractivity contribution in [3.8, 4) is 11.3 Å². The largest absolute Gasteiger partial charge is 0.226 e. The number of benzene rings is 1. The lowest BCUT2D eigenvalue weighted by Crippen LogP contribution is -1.88. The highest BCUT2D eigenvalue weighted by Crippen LogP contribution is 2.37. The smallest absolute Gasteiger partial charge is 0.222 e. The normalized spacial score (nSPS) is 10.5. The van der Waals surface area contributed by atoms with Gasteiger partial charge in [-0.05, 0) is 29.8 Å². The van der Waals surface area contributed by atoms with Gasteiger partial charge in [0.05, 0.1) is 20.8 Å². The Morgan fingerprint density at radius 2 is 1.62 bits per heavy atom. The van der Waals surface area contributed by atoms with Crippen molar-refractivity contribution in [1.29, 1.82) is 0 Å². The van der Waals surface area contributed by atoms with Crippen molar-refractivity contribution in [1.82, 2.24) is 9.97 Å². The Bertz CT molecular complexity index is 542. The van der Waals surface area contributed by atoms with E-state index in [-0.39, 0.29) is 5.28 Å². The summed E-state index contributed by atoms with van der Waals surface area (Å²) in [4.78, 5) is 7.83. The lowest BCUT2D eigenvalue weighted by atomic mass is 10.1. The van der Waals surface area contributed by atoms with Crippen LogP contribution in [-0.4, -0.2) is 9.97 Å². The van der Waals surface area contributed by atoms with Crippen LogP contribution in [0, 0.1) is 0 Å². The van der Waals surface area contributed by atoms with Gasteiger partial charge < -0.3 is 0 Å². The average molecular weight is 294 g/mol. The van der Waals surface area contributed by atoms with Gasteiger partial charge in [0.1, 0.15) is 0 Å². The zero-order chi connectivity index (χ0) is 11.7. The van der Waals surface area contributed by atoms with E-state index in [4.69, 9.17) is 46.4 Å². The zero-order valence-corrected chi connectivity index (χ0v) is 10.7. The Morgan fingerprint density at radius 3 is 2.31 bits per heavy atom. The zero-order valence-electron chi connectivity index (χ0n) is 7.72. The van der Waals surface area contributed by atoms with Crippen molar-refractivity contribution in [2.75, 3.05) is 0 Å². The highest BCUT2D eigenvalue weighted by molar-refractivity contribution is 6.49. The molecule has 0 saturated heterocycles. The first-order chi connectivity index (χ1) is 7.59. The fourth-order valence-electron chi connectivity index (χ4n) is 1.21. The molecular formula is C10H4Cl4N2. The first-order valence-corrected chi connectivity index (χ1v) is 5.73. The van der Waals surface area contributed by atoms with Gasteiger partial charge in [-0.3, -0.25) is 0 Å². The molecule has 1 aromatic carbocycles. The van der Waals surface area contributed by atoms with E-state index in [0.717, 1.165) is 0 Å². The van der Waals surface area contributed by atoms with E-state index < -0.39 is 0 Å². The first-order valence-electron chi connectivity index (χ1n) is 4.22. The molecule has 1 aromatic heterocycles. The number of aromatic nitrogens is 2. The maximum absolute atomic E-state index is 6.07. The molecular weight excluding hydrogens is 290 g/mol. The van der Waals surface area contributed by atoms with Crippen LogP contribution >= 0.6 is 46.4 Å². The van der Waals surface area contributed by atoms with Crippen molar-refractivity contribution in [3.05, 3.63) is 44.7 Å². The lowest BCUT2D eigenvalue weighted by Gasteiger charge is -2.06. The van der Waals surface area contributed by atoms with Crippen molar-refractivity contribution in [3.63, 3.8) is 0 Å². The summed E-state index contributed by atoms with van der Waals surface area (Å²) in [6.07, 6.45) is 1.55. The minimum absolute atomic E-state index is 0.152. The van der Waals surface area contributed by atoms with E-state index in [1.807, 2.05) is 0 Å². The monoisotopic (exact) mass is 292 g/mol. The summed E-state index contributed by atoms with van der Waals surface area (Å²) in [5.74, 6) is 0. The number of halogens is 4. The van der Waals surface area contributed by atoms with Crippen LogP contribution < -0.4 is 0 Å². The molecule has 82 valence electrons. The van der Waals surface area contributed by atoms with Gasteiger partial charge in [-0.25, -0.2) is 9.97 Å². The van der Waals surface area contributed by atoms with Crippen LogP contribution in [0.3, 0.4) is 0 Å². The Morgan fingerprint density at radius 1 is 0.875 bits per heavy atom. The third kappa shape index (κ3) is 2.25. The van der Waals surface area contributed by atoms with Gasteiger partial charge in [-0.2, -0.15) is 0 Å². The molecule has 0 fully saturated rings. The Labute approximate surface area is 112 Å². The lowest BCUT2D eigenvalue weighted by molar-refractivity contribution is 1.17. The molecule has 2 rings (SSSR count). The molecule has 0 N–H and O–H groups in total. The highest BCUT2D eigenvalue weighted by Gasteiger charge is 2.11. The second-order valence-electron chi connectivity index (χ2n) is 2.93. The molecule has 0 atom stereocenters. The molecule has 0 radical (unpaired) electrons. The summed E-state index contributed by atoms with van der Waals surface area (Å²) in [7, 11) is 0. The van der Waals surface area contributed by atoms with E-state index in [1.54, 1.807) is 24.4 Å². The van der Waals surface area contributed by atoms with Crippen LogP contribution in [0.2, 0.25) is 20.4 Å². The molecule has 0 amide bonds. The van der Waals surface area contributed by atoms with Crippen LogP contribution in [0.25, 0.3) is 11.3 Å². The van der Waals surface area contributed by atoms with Gasteiger partial charge in [0.25, 0.3) is 0 Å². The second kappa shape index (κ2) is 4.76. The minimum Gasteiger partial charge on any atom is -0.226 e. The molecule has 0 unspecified atom stereocenters. The maximum Gasteiger partial charge on any atom is 0.222 e. The summed E-state index contributed by atoms with van der Waals surface area (Å²) < 4.78 is 0. The molecule has 0 bridgehead atoms. The van der Waals surface area contributed by atoms with Crippen LogP contribution in [0.1, 0.15) is 0 Å². The summed E-state index contributed by atoms with van der Waals surface area (Å²) in [5, 5.41) is 1.20. The quantitative estimate of drug-likeness (QED) is 0.560. The Balaban J connectivity index is 2.61. The SMILES string of the molecule is Clc1nccc(-c2ccc(Cl)c(Cl)c2Cl)n1. The van der Waals surface area contributed by atoms with Gasteiger partial charge in [-0.15, -0.1) is 0 Å². The number of rotatable bonds is 1. The molecule has 2 aromatic rings. The van der Waals surface area contributed by atoms with Gasteiger partial charge in [0, 0.05) is 11.8 Å². The first kappa shape index (κ1) is 11.9. The van der Waals surface area contributed by atoms with Crippen LogP contribution in [0.4, 0.5) is 0 Å². The van der Waals surface area contributed by atoms with Gasteiger partial charge in [0.2, 0.25) is 5.28 Å². The molecule has 0 aliphatic heterocycles.